The third-order valence-electron chi connectivity index (χ3n) is 3.06. The molecule has 1 unspecified atom stereocenters. The van der Waals surface area contributed by atoms with E-state index in [1.54, 1.807) is 7.11 Å². The maximum absolute atomic E-state index is 6.27. The van der Waals surface area contributed by atoms with Crippen molar-refractivity contribution in [1.82, 2.24) is 10.1 Å². The van der Waals surface area contributed by atoms with E-state index >= 15 is 0 Å². The molecule has 0 amide bonds. The summed E-state index contributed by atoms with van der Waals surface area (Å²) >= 11 is 6.27. The topological polar surface area (TPSA) is 83.4 Å². The minimum absolute atomic E-state index is 0.0943. The molecule has 0 aliphatic rings. The van der Waals surface area contributed by atoms with E-state index in [-0.39, 0.29) is 12.6 Å². The number of ether oxygens (including phenoxy) is 2. The average Bonchev–Trinajstić information content (AvgIpc) is 2.98. The summed E-state index contributed by atoms with van der Waals surface area (Å²) in [6.45, 7) is 2.20. The average molecular weight is 312 g/mol. The number of nitrogens with zero attached hydrogens (tertiary/aromatic N) is 2. The van der Waals surface area contributed by atoms with E-state index in [4.69, 9.17) is 26.8 Å². The molecule has 1 aromatic heterocycles. The van der Waals surface area contributed by atoms with Crippen molar-refractivity contribution < 1.29 is 14.0 Å². The molecule has 0 spiro atoms. The van der Waals surface area contributed by atoms with Crippen molar-refractivity contribution in [1.29, 1.82) is 0 Å². The summed E-state index contributed by atoms with van der Waals surface area (Å²) in [4.78, 5) is 3.88. The second kappa shape index (κ2) is 7.28. The van der Waals surface area contributed by atoms with E-state index in [0.29, 0.717) is 22.3 Å². The largest absolute Gasteiger partial charge is 0.493 e. The van der Waals surface area contributed by atoms with Gasteiger partial charge in [-0.1, -0.05) is 23.7 Å². The molecule has 0 saturated carbocycles. The lowest BCUT2D eigenvalue weighted by molar-refractivity contribution is 0.270. The Hall–Kier alpha value is -1.79. The summed E-state index contributed by atoms with van der Waals surface area (Å²) in [6.07, 6.45) is 2.88. The quantitative estimate of drug-likeness (QED) is 0.846. The number of rotatable bonds is 7. The van der Waals surface area contributed by atoms with E-state index < -0.39 is 0 Å². The van der Waals surface area contributed by atoms with Gasteiger partial charge in [-0.15, -0.1) is 0 Å². The molecule has 2 aromatic rings. The molecular weight excluding hydrogens is 294 g/mol. The van der Waals surface area contributed by atoms with Crippen molar-refractivity contribution in [3.8, 4) is 11.5 Å². The van der Waals surface area contributed by atoms with Gasteiger partial charge in [-0.05, 0) is 30.5 Å². The van der Waals surface area contributed by atoms with Crippen LogP contribution in [-0.4, -0.2) is 23.3 Å². The van der Waals surface area contributed by atoms with Gasteiger partial charge in [0.1, 0.15) is 0 Å². The van der Waals surface area contributed by atoms with E-state index in [1.165, 1.54) is 6.39 Å². The summed E-state index contributed by atoms with van der Waals surface area (Å²) < 4.78 is 15.6. The van der Waals surface area contributed by atoms with Crippen LogP contribution >= 0.6 is 11.6 Å². The smallest absolute Gasteiger partial charge is 0.213 e. The van der Waals surface area contributed by atoms with Crippen molar-refractivity contribution in [2.24, 2.45) is 5.73 Å². The van der Waals surface area contributed by atoms with Crippen molar-refractivity contribution in [3.63, 3.8) is 0 Å². The number of halogens is 1. The molecule has 0 fully saturated rings. The third kappa shape index (κ3) is 4.09. The molecule has 2 rings (SSSR count). The first kappa shape index (κ1) is 15.6. The number of hydrogen-bond acceptors (Lipinski definition) is 6. The second-order valence-corrected chi connectivity index (χ2v) is 5.02. The fourth-order valence-electron chi connectivity index (χ4n) is 1.87. The number of aromatic nitrogens is 2. The molecule has 2 N–H and O–H groups in total. The standard InChI is InChI=1S/C14H18ClN3O3/c1-3-10(16)4-9-5-11(15)14(12(6-9)19-2)20-7-13-17-8-21-18-13/h5-6,8,10H,3-4,7,16H2,1-2H3. The molecule has 21 heavy (non-hydrogen) atoms. The Labute approximate surface area is 128 Å². The van der Waals surface area contributed by atoms with Crippen LogP contribution in [0.15, 0.2) is 23.0 Å². The monoisotopic (exact) mass is 311 g/mol. The van der Waals surface area contributed by atoms with Crippen molar-refractivity contribution in [2.75, 3.05) is 7.11 Å². The summed E-state index contributed by atoms with van der Waals surface area (Å²) in [6, 6.07) is 3.81. The lowest BCUT2D eigenvalue weighted by Gasteiger charge is -2.15. The molecular formula is C14H18ClN3O3. The van der Waals surface area contributed by atoms with E-state index in [0.717, 1.165) is 18.4 Å². The van der Waals surface area contributed by atoms with E-state index in [9.17, 15) is 0 Å². The Morgan fingerprint density at radius 3 is 2.86 bits per heavy atom. The zero-order valence-electron chi connectivity index (χ0n) is 12.0. The highest BCUT2D eigenvalue weighted by atomic mass is 35.5. The van der Waals surface area contributed by atoms with Gasteiger partial charge < -0.3 is 19.7 Å². The summed E-state index contributed by atoms with van der Waals surface area (Å²) in [7, 11) is 1.57. The number of methoxy groups -OCH3 is 1. The third-order valence-corrected chi connectivity index (χ3v) is 3.34. The van der Waals surface area contributed by atoms with Crippen LogP contribution < -0.4 is 15.2 Å². The van der Waals surface area contributed by atoms with E-state index in [2.05, 4.69) is 14.7 Å². The Balaban J connectivity index is 2.16. The predicted octanol–water partition coefficient (Wildman–Crippen LogP) is 2.59. The number of nitrogens with two attached hydrogens (primary N) is 1. The van der Waals surface area contributed by atoms with Crippen LogP contribution in [0.1, 0.15) is 24.7 Å². The normalized spacial score (nSPS) is 12.2. The number of benzene rings is 1. The Bertz CT molecular complexity index is 575. The highest BCUT2D eigenvalue weighted by molar-refractivity contribution is 6.32. The highest BCUT2D eigenvalue weighted by Gasteiger charge is 2.14. The van der Waals surface area contributed by atoms with Gasteiger partial charge in [-0.25, -0.2) is 0 Å². The summed E-state index contributed by atoms with van der Waals surface area (Å²) in [5.74, 6) is 1.45. The molecule has 0 aliphatic carbocycles. The maximum atomic E-state index is 6.27. The Kier molecular flexibility index (Phi) is 5.41. The molecule has 114 valence electrons. The van der Waals surface area contributed by atoms with Crippen LogP contribution in [0, 0.1) is 0 Å². The molecule has 1 heterocycles. The van der Waals surface area contributed by atoms with Crippen LogP contribution in [0.4, 0.5) is 0 Å². The van der Waals surface area contributed by atoms with Crippen molar-refractivity contribution in [2.45, 2.75) is 32.4 Å². The van der Waals surface area contributed by atoms with E-state index in [1.807, 2.05) is 19.1 Å². The van der Waals surface area contributed by atoms with Crippen LogP contribution in [0.2, 0.25) is 5.02 Å². The summed E-state index contributed by atoms with van der Waals surface area (Å²) in [5.41, 5.74) is 6.98. The Morgan fingerprint density at radius 1 is 1.43 bits per heavy atom. The zero-order valence-corrected chi connectivity index (χ0v) is 12.8. The molecule has 0 radical (unpaired) electrons. The van der Waals surface area contributed by atoms with Gasteiger partial charge in [0.2, 0.25) is 12.2 Å². The van der Waals surface area contributed by atoms with Crippen LogP contribution in [0.3, 0.4) is 0 Å². The van der Waals surface area contributed by atoms with Gasteiger partial charge in [-0.2, -0.15) is 4.98 Å². The lowest BCUT2D eigenvalue weighted by atomic mass is 10.0. The van der Waals surface area contributed by atoms with Gasteiger partial charge in [0.25, 0.3) is 0 Å². The highest BCUT2D eigenvalue weighted by Crippen LogP contribution is 2.37. The second-order valence-electron chi connectivity index (χ2n) is 4.62. The van der Waals surface area contributed by atoms with Gasteiger partial charge in [0.15, 0.2) is 18.1 Å². The Morgan fingerprint density at radius 2 is 2.24 bits per heavy atom. The van der Waals surface area contributed by atoms with Gasteiger partial charge in [-0.3, -0.25) is 0 Å². The molecule has 0 bridgehead atoms. The van der Waals surface area contributed by atoms with Crippen LogP contribution in [0.5, 0.6) is 11.5 Å². The first-order valence-electron chi connectivity index (χ1n) is 6.64. The SMILES string of the molecule is CCC(N)Cc1cc(Cl)c(OCc2ncon2)c(OC)c1. The molecule has 0 aliphatic heterocycles. The molecule has 1 atom stereocenters. The number of hydrogen-bond donors (Lipinski definition) is 1. The molecule has 6 nitrogen and oxygen atoms in total. The van der Waals surface area contributed by atoms with Gasteiger partial charge in [0.05, 0.1) is 12.1 Å². The minimum Gasteiger partial charge on any atom is -0.493 e. The first-order valence-corrected chi connectivity index (χ1v) is 7.01. The molecule has 7 heteroatoms. The first-order chi connectivity index (χ1) is 10.1. The fourth-order valence-corrected chi connectivity index (χ4v) is 2.16. The molecule has 0 saturated heterocycles. The van der Waals surface area contributed by atoms with Crippen molar-refractivity contribution >= 4 is 11.6 Å². The maximum Gasteiger partial charge on any atom is 0.213 e. The predicted molar refractivity (Wildman–Crippen MR) is 78.6 cm³/mol. The van der Waals surface area contributed by atoms with Crippen molar-refractivity contribution in [3.05, 3.63) is 34.9 Å². The van der Waals surface area contributed by atoms with Crippen LogP contribution in [0.25, 0.3) is 0 Å². The van der Waals surface area contributed by atoms with Gasteiger partial charge >= 0.3 is 0 Å². The van der Waals surface area contributed by atoms with Gasteiger partial charge in [0, 0.05) is 6.04 Å². The summed E-state index contributed by atoms with van der Waals surface area (Å²) in [5, 5.41) is 4.14. The van der Waals surface area contributed by atoms with Crippen LogP contribution in [-0.2, 0) is 13.0 Å². The fraction of sp³-hybridized carbons (Fsp3) is 0.429. The zero-order chi connectivity index (χ0) is 15.2. The lowest BCUT2D eigenvalue weighted by Crippen LogP contribution is -2.21. The molecule has 1 aromatic carbocycles. The minimum atomic E-state index is 0.0943.